The van der Waals surface area contributed by atoms with Crippen LogP contribution in [0.15, 0.2) is 58.8 Å². The normalized spacial score (nSPS) is 11.2. The molecule has 140 valence electrons. The number of rotatable bonds is 6. The lowest BCUT2D eigenvalue weighted by molar-refractivity contribution is -0.115. The first-order valence-electron chi connectivity index (χ1n) is 7.92. The molecule has 0 aliphatic heterocycles. The van der Waals surface area contributed by atoms with Gasteiger partial charge in [0.15, 0.2) is 5.13 Å². The number of carbonyl (C=O) groups excluding carboxylic acids is 1. The van der Waals surface area contributed by atoms with Gasteiger partial charge in [-0.25, -0.2) is 13.4 Å². The van der Waals surface area contributed by atoms with Crippen LogP contribution >= 0.6 is 22.9 Å². The molecule has 0 spiro atoms. The second kappa shape index (κ2) is 8.08. The SMILES string of the molecule is Cc1c(Cl)cccc1NC(=O)Cc1csc(NS(=O)(=O)c2ccccc2)n1. The molecule has 0 saturated heterocycles. The molecule has 2 N–H and O–H groups in total. The van der Waals surface area contributed by atoms with Gasteiger partial charge in [0, 0.05) is 16.1 Å². The Kier molecular flexibility index (Phi) is 5.79. The Bertz CT molecular complexity index is 1070. The number of sulfonamides is 1. The van der Waals surface area contributed by atoms with E-state index in [-0.39, 0.29) is 22.4 Å². The van der Waals surface area contributed by atoms with Crippen LogP contribution in [0.1, 0.15) is 11.3 Å². The average molecular weight is 422 g/mol. The van der Waals surface area contributed by atoms with Crippen molar-refractivity contribution in [2.45, 2.75) is 18.2 Å². The third-order valence-corrected chi connectivity index (χ3v) is 6.41. The van der Waals surface area contributed by atoms with E-state index in [4.69, 9.17) is 11.6 Å². The summed E-state index contributed by atoms with van der Waals surface area (Å²) < 4.78 is 27.0. The lowest BCUT2D eigenvalue weighted by Crippen LogP contribution is -2.16. The summed E-state index contributed by atoms with van der Waals surface area (Å²) in [7, 11) is -3.70. The van der Waals surface area contributed by atoms with E-state index in [2.05, 4.69) is 15.0 Å². The van der Waals surface area contributed by atoms with Crippen molar-refractivity contribution in [3.63, 3.8) is 0 Å². The van der Waals surface area contributed by atoms with Crippen LogP contribution in [0.25, 0.3) is 0 Å². The van der Waals surface area contributed by atoms with Crippen molar-refractivity contribution in [2.75, 3.05) is 10.0 Å². The van der Waals surface area contributed by atoms with Gasteiger partial charge in [-0.05, 0) is 36.8 Å². The molecule has 0 saturated carbocycles. The Morgan fingerprint density at radius 3 is 2.63 bits per heavy atom. The van der Waals surface area contributed by atoms with Crippen LogP contribution in [0.5, 0.6) is 0 Å². The predicted molar refractivity (Wildman–Crippen MR) is 108 cm³/mol. The van der Waals surface area contributed by atoms with Crippen LogP contribution in [0.3, 0.4) is 0 Å². The van der Waals surface area contributed by atoms with Gasteiger partial charge in [-0.2, -0.15) is 0 Å². The summed E-state index contributed by atoms with van der Waals surface area (Å²) in [4.78, 5) is 16.6. The molecule has 1 aromatic heterocycles. The number of hydrogen-bond donors (Lipinski definition) is 2. The summed E-state index contributed by atoms with van der Waals surface area (Å²) in [6.07, 6.45) is 0.0233. The molecule has 6 nitrogen and oxygen atoms in total. The van der Waals surface area contributed by atoms with E-state index in [9.17, 15) is 13.2 Å². The van der Waals surface area contributed by atoms with Crippen LogP contribution in [0, 0.1) is 6.92 Å². The average Bonchev–Trinajstić information content (AvgIpc) is 3.05. The number of anilines is 2. The third-order valence-electron chi connectivity index (χ3n) is 3.71. The number of thiazole rings is 1. The molecule has 27 heavy (non-hydrogen) atoms. The van der Waals surface area contributed by atoms with Gasteiger partial charge in [0.2, 0.25) is 5.91 Å². The van der Waals surface area contributed by atoms with Crippen molar-refractivity contribution >= 4 is 49.7 Å². The molecule has 9 heteroatoms. The molecule has 0 unspecified atom stereocenters. The zero-order chi connectivity index (χ0) is 19.4. The van der Waals surface area contributed by atoms with Gasteiger partial charge in [-0.1, -0.05) is 35.9 Å². The number of nitrogens with one attached hydrogen (secondary N) is 2. The summed E-state index contributed by atoms with van der Waals surface area (Å²) in [5, 5.41) is 5.21. The highest BCUT2D eigenvalue weighted by Crippen LogP contribution is 2.24. The summed E-state index contributed by atoms with van der Waals surface area (Å²) in [6.45, 7) is 1.82. The fraction of sp³-hybridized carbons (Fsp3) is 0.111. The smallest absolute Gasteiger partial charge is 0.263 e. The summed E-state index contributed by atoms with van der Waals surface area (Å²) >= 11 is 7.17. The number of halogens is 1. The third kappa shape index (κ3) is 4.85. The Morgan fingerprint density at radius 2 is 1.89 bits per heavy atom. The number of amides is 1. The van der Waals surface area contributed by atoms with Gasteiger partial charge in [-0.15, -0.1) is 11.3 Å². The highest BCUT2D eigenvalue weighted by atomic mass is 35.5. The van der Waals surface area contributed by atoms with Crippen molar-refractivity contribution in [1.29, 1.82) is 0 Å². The van der Waals surface area contributed by atoms with E-state index in [0.717, 1.165) is 16.9 Å². The van der Waals surface area contributed by atoms with Gasteiger partial charge in [0.25, 0.3) is 10.0 Å². The Morgan fingerprint density at radius 1 is 1.15 bits per heavy atom. The van der Waals surface area contributed by atoms with E-state index in [0.29, 0.717) is 16.4 Å². The maximum Gasteiger partial charge on any atom is 0.263 e. The maximum atomic E-state index is 12.3. The van der Waals surface area contributed by atoms with Crippen LogP contribution in [-0.2, 0) is 21.2 Å². The van der Waals surface area contributed by atoms with Crippen molar-refractivity contribution in [3.05, 3.63) is 70.2 Å². The lowest BCUT2D eigenvalue weighted by atomic mass is 10.2. The van der Waals surface area contributed by atoms with Crippen molar-refractivity contribution in [2.24, 2.45) is 0 Å². The second-order valence-corrected chi connectivity index (χ2v) is 8.65. The number of hydrogen-bond acceptors (Lipinski definition) is 5. The molecule has 0 bridgehead atoms. The quantitative estimate of drug-likeness (QED) is 0.627. The summed E-state index contributed by atoms with van der Waals surface area (Å²) in [5.74, 6) is -0.261. The predicted octanol–water partition coefficient (Wildman–Crippen LogP) is 4.09. The minimum atomic E-state index is -3.70. The molecule has 0 aliphatic rings. The first-order valence-corrected chi connectivity index (χ1v) is 10.7. The number of nitrogens with zero attached hydrogens (tertiary/aromatic N) is 1. The van der Waals surface area contributed by atoms with E-state index >= 15 is 0 Å². The molecule has 1 heterocycles. The minimum absolute atomic E-state index is 0.0233. The standard InChI is InChI=1S/C18H16ClN3O3S2/c1-12-15(19)8-5-9-16(12)21-17(23)10-13-11-26-18(20-13)22-27(24,25)14-6-3-2-4-7-14/h2-9,11H,10H2,1H3,(H,20,22)(H,21,23). The number of benzene rings is 2. The van der Waals surface area contributed by atoms with Gasteiger partial charge in [0.05, 0.1) is 17.0 Å². The van der Waals surface area contributed by atoms with Crippen molar-refractivity contribution in [1.82, 2.24) is 4.98 Å². The van der Waals surface area contributed by atoms with E-state index in [1.807, 2.05) is 6.92 Å². The van der Waals surface area contributed by atoms with Crippen LogP contribution in [0.2, 0.25) is 5.02 Å². The topological polar surface area (TPSA) is 88.2 Å². The molecule has 0 atom stereocenters. The minimum Gasteiger partial charge on any atom is -0.325 e. The molecule has 3 aromatic rings. The Hall–Kier alpha value is -2.42. The lowest BCUT2D eigenvalue weighted by Gasteiger charge is -2.08. The zero-order valence-corrected chi connectivity index (χ0v) is 16.7. The highest BCUT2D eigenvalue weighted by Gasteiger charge is 2.16. The molecular weight excluding hydrogens is 406 g/mol. The van der Waals surface area contributed by atoms with Gasteiger partial charge < -0.3 is 5.32 Å². The zero-order valence-electron chi connectivity index (χ0n) is 14.3. The summed E-state index contributed by atoms with van der Waals surface area (Å²) in [5.41, 5.74) is 1.89. The first kappa shape index (κ1) is 19.3. The molecule has 3 rings (SSSR count). The number of aromatic nitrogens is 1. The van der Waals surface area contributed by atoms with Gasteiger partial charge >= 0.3 is 0 Å². The van der Waals surface area contributed by atoms with Crippen LogP contribution in [0.4, 0.5) is 10.8 Å². The Balaban J connectivity index is 1.66. The number of carbonyl (C=O) groups is 1. The summed E-state index contributed by atoms with van der Waals surface area (Å²) in [6, 6.07) is 13.3. The van der Waals surface area contributed by atoms with Crippen LogP contribution < -0.4 is 10.0 Å². The molecule has 0 fully saturated rings. The highest BCUT2D eigenvalue weighted by molar-refractivity contribution is 7.93. The van der Waals surface area contributed by atoms with E-state index < -0.39 is 10.0 Å². The molecule has 0 aliphatic carbocycles. The molecule has 1 amide bonds. The van der Waals surface area contributed by atoms with E-state index in [1.54, 1.807) is 41.8 Å². The van der Waals surface area contributed by atoms with Crippen molar-refractivity contribution < 1.29 is 13.2 Å². The Labute approximate surface area is 166 Å². The largest absolute Gasteiger partial charge is 0.325 e. The van der Waals surface area contributed by atoms with Crippen molar-refractivity contribution in [3.8, 4) is 0 Å². The monoisotopic (exact) mass is 421 g/mol. The first-order chi connectivity index (χ1) is 12.8. The fourth-order valence-electron chi connectivity index (χ4n) is 2.31. The molecule has 2 aromatic carbocycles. The van der Waals surface area contributed by atoms with Crippen LogP contribution in [-0.4, -0.2) is 19.3 Å². The van der Waals surface area contributed by atoms with E-state index in [1.165, 1.54) is 12.1 Å². The molecule has 0 radical (unpaired) electrons. The fourth-order valence-corrected chi connectivity index (χ4v) is 4.47. The molecular formula is C18H16ClN3O3S2. The second-order valence-electron chi connectivity index (χ2n) is 5.70. The van der Waals surface area contributed by atoms with Gasteiger partial charge in [0.1, 0.15) is 0 Å². The van der Waals surface area contributed by atoms with Gasteiger partial charge in [-0.3, -0.25) is 9.52 Å². The maximum absolute atomic E-state index is 12.3.